The van der Waals surface area contributed by atoms with Crippen molar-refractivity contribution in [1.82, 2.24) is 0 Å². The lowest BCUT2D eigenvalue weighted by Crippen LogP contribution is -1.90. The van der Waals surface area contributed by atoms with Gasteiger partial charge in [0.2, 0.25) is 0 Å². The first kappa shape index (κ1) is 23.9. The van der Waals surface area contributed by atoms with E-state index in [-0.39, 0.29) is 0 Å². The zero-order valence-corrected chi connectivity index (χ0v) is 22.3. The summed E-state index contributed by atoms with van der Waals surface area (Å²) in [7, 11) is 0. The lowest BCUT2D eigenvalue weighted by Gasteiger charge is -2.15. The maximum atomic E-state index is 4.10. The molecule has 0 heteroatoms. The molecule has 0 aliphatic heterocycles. The average Bonchev–Trinajstić information content (AvgIpc) is 3.03. The van der Waals surface area contributed by atoms with Crippen molar-refractivity contribution in [1.29, 1.82) is 0 Å². The number of hydrogen-bond donors (Lipinski definition) is 0. The van der Waals surface area contributed by atoms with Gasteiger partial charge in [-0.05, 0) is 89.0 Å². The first-order valence-corrected chi connectivity index (χ1v) is 13.7. The van der Waals surface area contributed by atoms with Crippen molar-refractivity contribution in [3.63, 3.8) is 0 Å². The van der Waals surface area contributed by atoms with Crippen LogP contribution in [0.4, 0.5) is 0 Å². The third-order valence-corrected chi connectivity index (χ3v) is 8.03. The number of benzene rings is 7. The van der Waals surface area contributed by atoms with Crippen LogP contribution in [0.1, 0.15) is 11.1 Å². The molecule has 40 heavy (non-hydrogen) atoms. The van der Waals surface area contributed by atoms with Gasteiger partial charge in [-0.2, -0.15) is 0 Å². The second kappa shape index (κ2) is 9.84. The summed E-state index contributed by atoms with van der Waals surface area (Å²) < 4.78 is 0. The highest BCUT2D eigenvalue weighted by Crippen LogP contribution is 2.39. The second-order valence-electron chi connectivity index (χ2n) is 10.2. The highest BCUT2D eigenvalue weighted by Gasteiger charge is 2.13. The first-order chi connectivity index (χ1) is 19.7. The van der Waals surface area contributed by atoms with Crippen molar-refractivity contribution in [2.75, 3.05) is 0 Å². The molecule has 0 aromatic heterocycles. The lowest BCUT2D eigenvalue weighted by molar-refractivity contribution is 1.58. The van der Waals surface area contributed by atoms with E-state index in [4.69, 9.17) is 0 Å². The topological polar surface area (TPSA) is 0 Å². The molecule has 0 radical (unpaired) electrons. The van der Waals surface area contributed by atoms with E-state index in [1.54, 1.807) is 0 Å². The summed E-state index contributed by atoms with van der Waals surface area (Å²) in [6.07, 6.45) is 3.84. The molecular formula is C40H28. The van der Waals surface area contributed by atoms with Crippen LogP contribution in [0.3, 0.4) is 0 Å². The minimum Gasteiger partial charge on any atom is -0.0984 e. The van der Waals surface area contributed by atoms with E-state index in [0.717, 1.165) is 11.1 Å². The van der Waals surface area contributed by atoms with Gasteiger partial charge in [0, 0.05) is 0 Å². The zero-order valence-electron chi connectivity index (χ0n) is 22.3. The molecule has 0 saturated heterocycles. The standard InChI is InChI=1S/C40H28/c1-3-27-13-9-18-36(33(27)4-2)32-23-24-38-37-16-8-6-12-31(37)25-39(40(38)26-32)30-21-19-29(20-22-30)35-17-10-14-28-11-5-7-15-34(28)35/h3-26H,1-2H2. The van der Waals surface area contributed by atoms with Crippen LogP contribution >= 0.6 is 0 Å². The maximum Gasteiger partial charge on any atom is -0.00928 e. The molecule has 0 N–H and O–H groups in total. The average molecular weight is 509 g/mol. The smallest absolute Gasteiger partial charge is 0.00928 e. The van der Waals surface area contributed by atoms with Crippen LogP contribution in [0.15, 0.2) is 147 Å². The highest BCUT2D eigenvalue weighted by molar-refractivity contribution is 6.15. The van der Waals surface area contributed by atoms with Gasteiger partial charge in [-0.3, -0.25) is 0 Å². The van der Waals surface area contributed by atoms with Crippen LogP contribution in [0.2, 0.25) is 0 Å². The molecule has 0 spiro atoms. The second-order valence-corrected chi connectivity index (χ2v) is 10.2. The zero-order chi connectivity index (χ0) is 27.1. The minimum absolute atomic E-state index is 1.09. The molecule has 0 saturated carbocycles. The van der Waals surface area contributed by atoms with Crippen molar-refractivity contribution in [3.8, 4) is 33.4 Å². The predicted octanol–water partition coefficient (Wildman–Crippen LogP) is 11.4. The van der Waals surface area contributed by atoms with Crippen molar-refractivity contribution in [3.05, 3.63) is 158 Å². The molecule has 7 rings (SSSR count). The SMILES string of the molecule is C=Cc1cccc(-c2ccc3c(c2)c(-c2ccc(-c4cccc5ccccc45)cc2)cc2ccccc23)c1C=C. The molecule has 0 aliphatic carbocycles. The van der Waals surface area contributed by atoms with Crippen LogP contribution in [-0.4, -0.2) is 0 Å². The highest BCUT2D eigenvalue weighted by atomic mass is 14.2. The third kappa shape index (κ3) is 3.94. The number of fused-ring (bicyclic) bond motifs is 4. The van der Waals surface area contributed by atoms with Crippen LogP contribution < -0.4 is 0 Å². The van der Waals surface area contributed by atoms with Gasteiger partial charge < -0.3 is 0 Å². The Morgan fingerprint density at radius 1 is 0.375 bits per heavy atom. The molecule has 0 nitrogen and oxygen atoms in total. The van der Waals surface area contributed by atoms with Gasteiger partial charge in [0.1, 0.15) is 0 Å². The Balaban J connectivity index is 1.43. The van der Waals surface area contributed by atoms with E-state index >= 15 is 0 Å². The number of rotatable bonds is 5. The molecule has 7 aromatic carbocycles. The Morgan fingerprint density at radius 2 is 1.00 bits per heavy atom. The van der Waals surface area contributed by atoms with Gasteiger partial charge in [-0.1, -0.05) is 147 Å². The van der Waals surface area contributed by atoms with E-state index in [0.29, 0.717) is 0 Å². The largest absolute Gasteiger partial charge is 0.0984 e. The Labute approximate surface area is 235 Å². The van der Waals surface area contributed by atoms with E-state index < -0.39 is 0 Å². The first-order valence-electron chi connectivity index (χ1n) is 13.7. The summed E-state index contributed by atoms with van der Waals surface area (Å²) in [4.78, 5) is 0. The predicted molar refractivity (Wildman–Crippen MR) is 175 cm³/mol. The molecule has 0 amide bonds. The van der Waals surface area contributed by atoms with Crippen LogP contribution in [0.25, 0.3) is 77.9 Å². The van der Waals surface area contributed by atoms with E-state index in [1.165, 1.54) is 65.7 Å². The van der Waals surface area contributed by atoms with Gasteiger partial charge in [0.15, 0.2) is 0 Å². The Kier molecular flexibility index (Phi) is 5.87. The van der Waals surface area contributed by atoms with Crippen LogP contribution in [-0.2, 0) is 0 Å². The van der Waals surface area contributed by atoms with E-state index in [1.807, 2.05) is 12.2 Å². The van der Waals surface area contributed by atoms with Crippen molar-refractivity contribution >= 4 is 44.5 Å². The molecule has 0 aliphatic rings. The summed E-state index contributed by atoms with van der Waals surface area (Å²) in [5.74, 6) is 0. The molecule has 7 aromatic rings. The molecule has 0 fully saturated rings. The lowest BCUT2D eigenvalue weighted by atomic mass is 9.88. The normalized spacial score (nSPS) is 11.2. The Morgan fingerprint density at radius 3 is 1.77 bits per heavy atom. The van der Waals surface area contributed by atoms with E-state index in [2.05, 4.69) is 147 Å². The van der Waals surface area contributed by atoms with Crippen LogP contribution in [0, 0.1) is 0 Å². The summed E-state index contributed by atoms with van der Waals surface area (Å²) in [6.45, 7) is 8.11. The fourth-order valence-electron chi connectivity index (χ4n) is 6.06. The molecule has 0 unspecified atom stereocenters. The summed E-state index contributed by atoms with van der Waals surface area (Å²) in [6, 6.07) is 48.4. The van der Waals surface area contributed by atoms with Crippen LogP contribution in [0.5, 0.6) is 0 Å². The summed E-state index contributed by atoms with van der Waals surface area (Å²) >= 11 is 0. The molecular weight excluding hydrogens is 480 g/mol. The van der Waals surface area contributed by atoms with Crippen molar-refractivity contribution in [2.24, 2.45) is 0 Å². The Bertz CT molecular complexity index is 2070. The summed E-state index contributed by atoms with van der Waals surface area (Å²) in [5.41, 5.74) is 9.47. The van der Waals surface area contributed by atoms with Crippen molar-refractivity contribution < 1.29 is 0 Å². The van der Waals surface area contributed by atoms with Gasteiger partial charge in [-0.15, -0.1) is 0 Å². The van der Waals surface area contributed by atoms with E-state index in [9.17, 15) is 0 Å². The fraction of sp³-hybridized carbons (Fsp3) is 0. The van der Waals surface area contributed by atoms with Gasteiger partial charge in [0.05, 0.1) is 0 Å². The van der Waals surface area contributed by atoms with Crippen molar-refractivity contribution in [2.45, 2.75) is 0 Å². The van der Waals surface area contributed by atoms with Gasteiger partial charge in [-0.25, -0.2) is 0 Å². The molecule has 0 heterocycles. The fourth-order valence-corrected chi connectivity index (χ4v) is 6.06. The third-order valence-electron chi connectivity index (χ3n) is 8.03. The summed E-state index contributed by atoms with van der Waals surface area (Å²) in [5, 5.41) is 7.55. The number of hydrogen-bond acceptors (Lipinski definition) is 0. The molecule has 188 valence electrons. The monoisotopic (exact) mass is 508 g/mol. The quantitative estimate of drug-likeness (QED) is 0.203. The van der Waals surface area contributed by atoms with Gasteiger partial charge in [0.25, 0.3) is 0 Å². The minimum atomic E-state index is 1.09. The Hall–Kier alpha value is -5.20. The molecule has 0 atom stereocenters. The maximum absolute atomic E-state index is 4.10. The molecule has 0 bridgehead atoms. The van der Waals surface area contributed by atoms with Gasteiger partial charge >= 0.3 is 0 Å².